The summed E-state index contributed by atoms with van der Waals surface area (Å²) >= 11 is 0. The van der Waals surface area contributed by atoms with Crippen molar-refractivity contribution in [1.82, 2.24) is 37.2 Å². The van der Waals surface area contributed by atoms with E-state index in [1.807, 2.05) is 13.8 Å². The highest BCUT2D eigenvalue weighted by Crippen LogP contribution is 2.19. The van der Waals surface area contributed by atoms with E-state index in [9.17, 15) is 58.2 Å². The second kappa shape index (κ2) is 34.2. The van der Waals surface area contributed by atoms with Crippen LogP contribution in [0.2, 0.25) is 0 Å². The Morgan fingerprint density at radius 3 is 1.50 bits per heavy atom. The molecule has 72 heavy (non-hydrogen) atoms. The molecule has 1 heterocycles. The van der Waals surface area contributed by atoms with Gasteiger partial charge < -0.3 is 52.2 Å². The predicted octanol–water partition coefficient (Wildman–Crippen LogP) is 4.80. The van der Waals surface area contributed by atoms with E-state index >= 15 is 0 Å². The lowest BCUT2D eigenvalue weighted by atomic mass is 9.99. The van der Waals surface area contributed by atoms with E-state index in [0.29, 0.717) is 6.42 Å². The van der Waals surface area contributed by atoms with Crippen LogP contribution in [0.15, 0.2) is 0 Å². The number of carboxylic acids is 2. The van der Waals surface area contributed by atoms with E-state index in [4.69, 9.17) is 4.74 Å². The highest BCUT2D eigenvalue weighted by molar-refractivity contribution is 5.98. The monoisotopic (exact) mass is 1020 g/mol. The quantitative estimate of drug-likeness (QED) is 0.0465. The lowest BCUT2D eigenvalue weighted by molar-refractivity contribution is -0.155. The molecule has 0 aromatic heterocycles. The molecule has 0 aliphatic carbocycles. The SMILES string of the molecule is CC[C@@H](C)CCCCCCCCCC[C@@H]1CC(=O)N[C@@H](CCC(=O)O)C(=O)N[C@H](C(C)C)C(=O)N[C@@H](CC(C)C)C(=O)N[C@@H](C)C(=O)N[C@H](CC(=O)O)C(=O)N[C@@H](CC(C)C)C(=O)N[C@H](CC(C)C)C(=O)O1. The number of hydrogen-bond acceptors (Lipinski definition) is 11. The first-order valence-electron chi connectivity index (χ1n) is 26.5. The lowest BCUT2D eigenvalue weighted by Crippen LogP contribution is -2.60. The predicted molar refractivity (Wildman–Crippen MR) is 272 cm³/mol. The Labute approximate surface area is 428 Å². The number of nitrogens with one attached hydrogen (secondary N) is 7. The molecular weight excluding hydrogens is 931 g/mol. The standard InChI is InChI=1S/C52H91N7O13/c1-12-34(10)21-19-17-15-13-14-16-18-20-22-36-28-42(60)54-37(23-24-43(61)62)47(66)59-45(33(8)9)51(70)57-38(25-30(2)3)48(67)53-35(11)46(65)55-40(29-44(63)64)50(69)56-39(26-31(4)5)49(68)58-41(27-32(6)7)52(71)72-36/h30-41,45H,12-29H2,1-11H3,(H,53,67)(H,54,60)(H,55,65)(H,56,69)(H,57,70)(H,58,68)(H,59,66)(H,61,62)(H,63,64)/t34-,35+,36-,37+,38+,39+,40-,41-,45-/m1/s1. The molecule has 1 aliphatic heterocycles. The smallest absolute Gasteiger partial charge is 0.328 e. The summed E-state index contributed by atoms with van der Waals surface area (Å²) in [6.45, 7) is 19.8. The maximum atomic E-state index is 14.2. The van der Waals surface area contributed by atoms with Gasteiger partial charge in [0.15, 0.2) is 0 Å². The Morgan fingerprint density at radius 1 is 0.528 bits per heavy atom. The molecule has 412 valence electrons. The maximum Gasteiger partial charge on any atom is 0.328 e. The summed E-state index contributed by atoms with van der Waals surface area (Å²) in [5.41, 5.74) is 0. The third-order valence-electron chi connectivity index (χ3n) is 12.7. The molecule has 1 saturated heterocycles. The van der Waals surface area contributed by atoms with Gasteiger partial charge in [0.05, 0.1) is 12.8 Å². The Kier molecular flexibility index (Phi) is 30.7. The van der Waals surface area contributed by atoms with Crippen molar-refractivity contribution in [3.8, 4) is 0 Å². The molecule has 1 rings (SSSR count). The zero-order valence-electron chi connectivity index (χ0n) is 45.1. The summed E-state index contributed by atoms with van der Waals surface area (Å²) in [5.74, 6) is -9.92. The lowest BCUT2D eigenvalue weighted by Gasteiger charge is -2.28. The van der Waals surface area contributed by atoms with Crippen LogP contribution in [-0.2, 0) is 52.7 Å². The van der Waals surface area contributed by atoms with E-state index in [-0.39, 0.29) is 49.9 Å². The summed E-state index contributed by atoms with van der Waals surface area (Å²) < 4.78 is 6.03. The third-order valence-corrected chi connectivity index (χ3v) is 12.7. The maximum absolute atomic E-state index is 14.2. The number of ether oxygens (including phenoxy) is 1. The number of carbonyl (C=O) groups is 10. The van der Waals surface area contributed by atoms with Crippen molar-refractivity contribution in [2.45, 2.75) is 240 Å². The van der Waals surface area contributed by atoms with Crippen LogP contribution in [0.1, 0.15) is 192 Å². The summed E-state index contributed by atoms with van der Waals surface area (Å²) in [7, 11) is 0. The van der Waals surface area contributed by atoms with Gasteiger partial charge in [-0.1, -0.05) is 127 Å². The van der Waals surface area contributed by atoms with Gasteiger partial charge in [-0.05, 0) is 75.0 Å². The normalized spacial score (nSPS) is 24.5. The second-order valence-corrected chi connectivity index (χ2v) is 21.4. The summed E-state index contributed by atoms with van der Waals surface area (Å²) in [6, 6.07) is -9.65. The van der Waals surface area contributed by atoms with Crippen LogP contribution in [0.4, 0.5) is 0 Å². The van der Waals surface area contributed by atoms with Gasteiger partial charge >= 0.3 is 17.9 Å². The van der Waals surface area contributed by atoms with Crippen molar-refractivity contribution >= 4 is 59.3 Å². The van der Waals surface area contributed by atoms with Crippen molar-refractivity contribution < 1.29 is 62.9 Å². The largest absolute Gasteiger partial charge is 0.481 e. The van der Waals surface area contributed by atoms with Crippen LogP contribution in [0, 0.1) is 29.6 Å². The Bertz CT molecular complexity index is 1770. The minimum Gasteiger partial charge on any atom is -0.481 e. The second-order valence-electron chi connectivity index (χ2n) is 21.4. The number of hydrogen-bond donors (Lipinski definition) is 9. The van der Waals surface area contributed by atoms with E-state index in [0.717, 1.165) is 38.0 Å². The molecule has 20 nitrogen and oxygen atoms in total. The minimum atomic E-state index is -1.71. The molecule has 0 aromatic rings. The molecule has 1 fully saturated rings. The Balaban J connectivity index is 3.79. The first-order valence-corrected chi connectivity index (χ1v) is 26.5. The molecule has 0 unspecified atom stereocenters. The molecule has 0 aromatic carbocycles. The van der Waals surface area contributed by atoms with Crippen LogP contribution >= 0.6 is 0 Å². The molecule has 0 spiro atoms. The van der Waals surface area contributed by atoms with Crippen LogP contribution in [-0.4, -0.2) is 118 Å². The molecular formula is C52H91N7O13. The Hall–Kier alpha value is -5.30. The number of amides is 7. The van der Waals surface area contributed by atoms with E-state index in [1.165, 1.54) is 32.6 Å². The van der Waals surface area contributed by atoms with Crippen molar-refractivity contribution in [3.63, 3.8) is 0 Å². The number of cyclic esters (lactones) is 1. The fourth-order valence-corrected chi connectivity index (χ4v) is 8.32. The zero-order chi connectivity index (χ0) is 54.7. The number of carboxylic acid groups (broad SMARTS) is 2. The van der Waals surface area contributed by atoms with Gasteiger partial charge in [-0.15, -0.1) is 0 Å². The van der Waals surface area contributed by atoms with E-state index < -0.39 is 133 Å². The number of esters is 1. The molecule has 20 heteroatoms. The van der Waals surface area contributed by atoms with Crippen LogP contribution < -0.4 is 37.2 Å². The number of aliphatic carboxylic acids is 2. The summed E-state index contributed by atoms with van der Waals surface area (Å²) in [5, 5.41) is 37.3. The van der Waals surface area contributed by atoms with Gasteiger partial charge in [0.2, 0.25) is 41.4 Å². The highest BCUT2D eigenvalue weighted by Gasteiger charge is 2.36. The summed E-state index contributed by atoms with van der Waals surface area (Å²) in [4.78, 5) is 135. The summed E-state index contributed by atoms with van der Waals surface area (Å²) in [6.07, 6.45) is 7.44. The van der Waals surface area contributed by atoms with E-state index in [1.54, 1.807) is 41.5 Å². The zero-order valence-corrected chi connectivity index (χ0v) is 45.1. The molecule has 9 atom stereocenters. The van der Waals surface area contributed by atoms with Crippen molar-refractivity contribution in [2.24, 2.45) is 29.6 Å². The van der Waals surface area contributed by atoms with Gasteiger partial charge in [-0.25, -0.2) is 4.79 Å². The molecule has 1 aliphatic rings. The average Bonchev–Trinajstić information content (AvgIpc) is 3.27. The minimum absolute atomic E-state index is 0.0410. The van der Waals surface area contributed by atoms with Crippen molar-refractivity contribution in [3.05, 3.63) is 0 Å². The highest BCUT2D eigenvalue weighted by atomic mass is 16.5. The van der Waals surface area contributed by atoms with Gasteiger partial charge in [-0.2, -0.15) is 0 Å². The van der Waals surface area contributed by atoms with E-state index in [2.05, 4.69) is 51.1 Å². The van der Waals surface area contributed by atoms with Crippen molar-refractivity contribution in [1.29, 1.82) is 0 Å². The molecule has 7 amide bonds. The van der Waals surface area contributed by atoms with Crippen LogP contribution in [0.3, 0.4) is 0 Å². The van der Waals surface area contributed by atoms with Gasteiger partial charge in [0, 0.05) is 6.42 Å². The fraction of sp³-hybridized carbons (Fsp3) is 0.808. The topological polar surface area (TPSA) is 305 Å². The molecule has 0 radical (unpaired) electrons. The Morgan fingerprint density at radius 2 is 0.986 bits per heavy atom. The molecule has 0 bridgehead atoms. The first kappa shape index (κ1) is 64.7. The van der Waals surface area contributed by atoms with Gasteiger partial charge in [0.1, 0.15) is 48.4 Å². The van der Waals surface area contributed by atoms with Crippen LogP contribution in [0.5, 0.6) is 0 Å². The molecule has 0 saturated carbocycles. The van der Waals surface area contributed by atoms with Crippen LogP contribution in [0.25, 0.3) is 0 Å². The average molecular weight is 1020 g/mol. The number of carbonyl (C=O) groups excluding carboxylic acids is 8. The first-order chi connectivity index (χ1) is 33.7. The van der Waals surface area contributed by atoms with Gasteiger partial charge in [-0.3, -0.25) is 43.2 Å². The van der Waals surface area contributed by atoms with Crippen molar-refractivity contribution in [2.75, 3.05) is 0 Å². The molecule has 9 N–H and O–H groups in total. The van der Waals surface area contributed by atoms with Gasteiger partial charge in [0.25, 0.3) is 0 Å². The third kappa shape index (κ3) is 26.9. The number of rotatable bonds is 24. The number of unbranched alkanes of at least 4 members (excludes halogenated alkanes) is 7. The fourth-order valence-electron chi connectivity index (χ4n) is 8.32.